The van der Waals surface area contributed by atoms with Crippen LogP contribution in [-0.4, -0.2) is 30.4 Å². The molecule has 17 heavy (non-hydrogen) atoms. The minimum Gasteiger partial charge on any atom is -0.378 e. The number of carbonyl (C=O) groups is 2. The molecule has 1 N–H and O–H groups in total. The second kappa shape index (κ2) is 6.15. The topological polar surface area (TPSA) is 55.4 Å². The number of hydrogen-bond donors (Lipinski definition) is 1. The van der Waals surface area contributed by atoms with Crippen LogP contribution >= 0.6 is 0 Å². The summed E-state index contributed by atoms with van der Waals surface area (Å²) >= 11 is 0. The lowest BCUT2D eigenvalue weighted by atomic mass is 9.94. The van der Waals surface area contributed by atoms with E-state index in [4.69, 9.17) is 4.74 Å². The lowest BCUT2D eigenvalue weighted by Gasteiger charge is -2.22. The Hall–Kier alpha value is -0.900. The molecule has 1 unspecified atom stereocenters. The molecule has 0 radical (unpaired) electrons. The number of carbonyl (C=O) groups excluding carboxylic acids is 2. The third kappa shape index (κ3) is 4.11. The van der Waals surface area contributed by atoms with Crippen LogP contribution in [0.1, 0.15) is 51.4 Å². The Kier molecular flexibility index (Phi) is 4.54. The molecule has 4 heteroatoms. The molecule has 1 atom stereocenters. The number of nitrogens with one attached hydrogen (secondary N) is 1. The fourth-order valence-electron chi connectivity index (χ4n) is 2.55. The molecule has 0 aromatic carbocycles. The van der Waals surface area contributed by atoms with Crippen LogP contribution in [0.3, 0.4) is 0 Å². The van der Waals surface area contributed by atoms with Crippen molar-refractivity contribution in [2.45, 2.75) is 63.5 Å². The third-order valence-corrected chi connectivity index (χ3v) is 3.63. The highest BCUT2D eigenvalue weighted by Crippen LogP contribution is 2.18. The standard InChI is InChI=1S/C13H21NO3/c15-11-5-3-10(4-6-11)14-13(16)8-7-12-2-1-9-17-12/h10,12H,1-9H2,(H,14,16). The van der Waals surface area contributed by atoms with Crippen LogP contribution < -0.4 is 5.32 Å². The quantitative estimate of drug-likeness (QED) is 0.810. The van der Waals surface area contributed by atoms with Gasteiger partial charge in [0.25, 0.3) is 0 Å². The van der Waals surface area contributed by atoms with Crippen LogP contribution in [0.4, 0.5) is 0 Å². The second-order valence-electron chi connectivity index (χ2n) is 5.05. The van der Waals surface area contributed by atoms with E-state index < -0.39 is 0 Å². The van der Waals surface area contributed by atoms with Gasteiger partial charge >= 0.3 is 0 Å². The number of Topliss-reactive ketones (excluding diaryl/α,β-unsaturated/α-hetero) is 1. The molecule has 0 aromatic heterocycles. The van der Waals surface area contributed by atoms with Crippen LogP contribution in [0.15, 0.2) is 0 Å². The van der Waals surface area contributed by atoms with Crippen molar-refractivity contribution in [1.29, 1.82) is 0 Å². The normalized spacial score (nSPS) is 26.1. The molecular formula is C13H21NO3. The first-order chi connectivity index (χ1) is 8.24. The SMILES string of the molecule is O=C1CCC(NC(=O)CCC2CCCO2)CC1. The maximum Gasteiger partial charge on any atom is 0.220 e. The zero-order chi connectivity index (χ0) is 12.1. The molecule has 96 valence electrons. The van der Waals surface area contributed by atoms with E-state index in [1.165, 1.54) is 0 Å². The molecule has 2 aliphatic rings. The molecule has 1 heterocycles. The molecule has 0 spiro atoms. The van der Waals surface area contributed by atoms with Gasteiger partial charge in [0.1, 0.15) is 5.78 Å². The summed E-state index contributed by atoms with van der Waals surface area (Å²) in [5.74, 6) is 0.440. The van der Waals surface area contributed by atoms with Crippen LogP contribution in [0, 0.1) is 0 Å². The van der Waals surface area contributed by atoms with Crippen molar-refractivity contribution in [3.05, 3.63) is 0 Å². The smallest absolute Gasteiger partial charge is 0.220 e. The number of ether oxygens (including phenoxy) is 1. The first-order valence-electron chi connectivity index (χ1n) is 6.66. The Labute approximate surface area is 102 Å². The van der Waals surface area contributed by atoms with E-state index >= 15 is 0 Å². The molecule has 4 nitrogen and oxygen atoms in total. The highest BCUT2D eigenvalue weighted by Gasteiger charge is 2.21. The molecule has 2 rings (SSSR count). The maximum absolute atomic E-state index is 11.7. The van der Waals surface area contributed by atoms with Gasteiger partial charge in [0, 0.05) is 31.9 Å². The van der Waals surface area contributed by atoms with E-state index in [0.29, 0.717) is 25.0 Å². The van der Waals surface area contributed by atoms with E-state index in [0.717, 1.165) is 38.7 Å². The lowest BCUT2D eigenvalue weighted by Crippen LogP contribution is -2.37. The monoisotopic (exact) mass is 239 g/mol. The number of hydrogen-bond acceptors (Lipinski definition) is 3. The predicted octanol–water partition coefficient (Wildman–Crippen LogP) is 1.57. The lowest BCUT2D eigenvalue weighted by molar-refractivity contribution is -0.125. The Morgan fingerprint density at radius 1 is 1.29 bits per heavy atom. The van der Waals surface area contributed by atoms with Gasteiger partial charge in [-0.25, -0.2) is 0 Å². The van der Waals surface area contributed by atoms with Crippen LogP contribution in [0.2, 0.25) is 0 Å². The maximum atomic E-state index is 11.7. The Morgan fingerprint density at radius 3 is 2.71 bits per heavy atom. The van der Waals surface area contributed by atoms with Gasteiger partial charge in [-0.2, -0.15) is 0 Å². The Morgan fingerprint density at radius 2 is 2.06 bits per heavy atom. The molecule has 1 saturated carbocycles. The Balaban J connectivity index is 1.61. The van der Waals surface area contributed by atoms with Crippen molar-refractivity contribution in [3.8, 4) is 0 Å². The summed E-state index contributed by atoms with van der Waals surface area (Å²) in [6.45, 7) is 0.844. The average Bonchev–Trinajstić information content (AvgIpc) is 2.83. The summed E-state index contributed by atoms with van der Waals surface area (Å²) in [4.78, 5) is 22.8. The average molecular weight is 239 g/mol. The van der Waals surface area contributed by atoms with E-state index in [9.17, 15) is 9.59 Å². The molecule has 0 bridgehead atoms. The molecule has 0 aromatic rings. The molecular weight excluding hydrogens is 218 g/mol. The molecule has 1 amide bonds. The van der Waals surface area contributed by atoms with Crippen LogP contribution in [0.25, 0.3) is 0 Å². The van der Waals surface area contributed by atoms with E-state index in [2.05, 4.69) is 5.32 Å². The van der Waals surface area contributed by atoms with Crippen molar-refractivity contribution in [2.75, 3.05) is 6.61 Å². The minimum absolute atomic E-state index is 0.111. The van der Waals surface area contributed by atoms with Gasteiger partial charge < -0.3 is 10.1 Å². The largest absolute Gasteiger partial charge is 0.378 e. The van der Waals surface area contributed by atoms with Gasteiger partial charge in [-0.3, -0.25) is 9.59 Å². The van der Waals surface area contributed by atoms with E-state index in [1.54, 1.807) is 0 Å². The summed E-state index contributed by atoms with van der Waals surface area (Å²) in [6, 6.07) is 0.213. The summed E-state index contributed by atoms with van der Waals surface area (Å²) in [5, 5.41) is 3.02. The molecule has 1 aliphatic carbocycles. The fraction of sp³-hybridized carbons (Fsp3) is 0.846. The fourth-order valence-corrected chi connectivity index (χ4v) is 2.55. The summed E-state index contributed by atoms with van der Waals surface area (Å²) in [5.41, 5.74) is 0. The molecule has 1 aliphatic heterocycles. The van der Waals surface area contributed by atoms with Crippen molar-refractivity contribution < 1.29 is 14.3 Å². The van der Waals surface area contributed by atoms with Gasteiger partial charge in [-0.1, -0.05) is 0 Å². The Bertz CT molecular complexity index is 274. The third-order valence-electron chi connectivity index (χ3n) is 3.63. The number of rotatable bonds is 4. The minimum atomic E-state index is 0.111. The van der Waals surface area contributed by atoms with Crippen LogP contribution in [0.5, 0.6) is 0 Å². The highest BCUT2D eigenvalue weighted by molar-refractivity contribution is 5.80. The van der Waals surface area contributed by atoms with Gasteiger partial charge in [-0.05, 0) is 32.1 Å². The van der Waals surface area contributed by atoms with Gasteiger partial charge in [-0.15, -0.1) is 0 Å². The van der Waals surface area contributed by atoms with Crippen molar-refractivity contribution in [3.63, 3.8) is 0 Å². The van der Waals surface area contributed by atoms with Crippen LogP contribution in [-0.2, 0) is 14.3 Å². The van der Waals surface area contributed by atoms with Crippen molar-refractivity contribution in [2.24, 2.45) is 0 Å². The first kappa shape index (κ1) is 12.6. The second-order valence-corrected chi connectivity index (χ2v) is 5.05. The summed E-state index contributed by atoms with van der Waals surface area (Å²) in [6.07, 6.45) is 6.74. The zero-order valence-electron chi connectivity index (χ0n) is 10.2. The molecule has 2 fully saturated rings. The molecule has 1 saturated heterocycles. The van der Waals surface area contributed by atoms with Gasteiger partial charge in [0.2, 0.25) is 5.91 Å². The zero-order valence-corrected chi connectivity index (χ0v) is 10.2. The van der Waals surface area contributed by atoms with Gasteiger partial charge in [0.05, 0.1) is 6.10 Å². The number of amides is 1. The summed E-state index contributed by atoms with van der Waals surface area (Å²) < 4.78 is 5.48. The predicted molar refractivity (Wildman–Crippen MR) is 63.6 cm³/mol. The van der Waals surface area contributed by atoms with E-state index in [1.807, 2.05) is 0 Å². The van der Waals surface area contributed by atoms with Gasteiger partial charge in [0.15, 0.2) is 0 Å². The van der Waals surface area contributed by atoms with Crippen molar-refractivity contribution in [1.82, 2.24) is 5.32 Å². The number of ketones is 1. The summed E-state index contributed by atoms with van der Waals surface area (Å²) in [7, 11) is 0. The highest BCUT2D eigenvalue weighted by atomic mass is 16.5. The van der Waals surface area contributed by atoms with Crippen molar-refractivity contribution >= 4 is 11.7 Å². The first-order valence-corrected chi connectivity index (χ1v) is 6.66. The van der Waals surface area contributed by atoms with E-state index in [-0.39, 0.29) is 18.1 Å².